The Hall–Kier alpha value is -1.74. The summed E-state index contributed by atoms with van der Waals surface area (Å²) in [5.74, 6) is -0.222. The zero-order chi connectivity index (χ0) is 18.0. The van der Waals surface area contributed by atoms with Gasteiger partial charge in [0.2, 0.25) is 5.91 Å². The van der Waals surface area contributed by atoms with Crippen LogP contribution in [0.1, 0.15) is 30.2 Å². The van der Waals surface area contributed by atoms with Gasteiger partial charge in [0, 0.05) is 5.69 Å². The van der Waals surface area contributed by atoms with E-state index in [4.69, 9.17) is 23.2 Å². The highest BCUT2D eigenvalue weighted by Gasteiger charge is 2.22. The first-order valence-corrected chi connectivity index (χ1v) is 9.47. The largest absolute Gasteiger partial charge is 0.324 e. The maximum absolute atomic E-state index is 12.5. The maximum Gasteiger partial charge on any atom is 0.237 e. The molecule has 25 heavy (non-hydrogen) atoms. The summed E-state index contributed by atoms with van der Waals surface area (Å²) < 4.78 is 0. The molecule has 1 aromatic carbocycles. The monoisotopic (exact) mass is 391 g/mol. The molecule has 0 aliphatic heterocycles. The van der Waals surface area contributed by atoms with Crippen molar-refractivity contribution in [3.63, 3.8) is 0 Å². The quantitative estimate of drug-likeness (QED) is 0.754. The van der Waals surface area contributed by atoms with Gasteiger partial charge in [-0.15, -0.1) is 0 Å². The number of anilines is 1. The molecule has 0 spiro atoms. The molecule has 1 unspecified atom stereocenters. The Balaban J connectivity index is 1.76. The molecule has 0 saturated carbocycles. The fraction of sp³-hybridized carbons (Fsp3) is 0.278. The zero-order valence-corrected chi connectivity index (χ0v) is 15.8. The summed E-state index contributed by atoms with van der Waals surface area (Å²) in [4.78, 5) is 17.1. The van der Waals surface area contributed by atoms with Crippen LogP contribution in [-0.4, -0.2) is 16.1 Å². The number of thioether (sulfide) groups is 1. The molecule has 1 atom stereocenters. The van der Waals surface area contributed by atoms with Crippen molar-refractivity contribution in [2.24, 2.45) is 0 Å². The summed E-state index contributed by atoms with van der Waals surface area (Å²) in [5.41, 5.74) is 3.16. The van der Waals surface area contributed by atoms with E-state index < -0.39 is 5.25 Å². The van der Waals surface area contributed by atoms with Gasteiger partial charge in [0.1, 0.15) is 11.1 Å². The van der Waals surface area contributed by atoms with Crippen LogP contribution < -0.4 is 5.32 Å². The van der Waals surface area contributed by atoms with Gasteiger partial charge < -0.3 is 5.32 Å². The first-order chi connectivity index (χ1) is 12.0. The molecule has 1 aromatic heterocycles. The van der Waals surface area contributed by atoms with Gasteiger partial charge in [-0.25, -0.2) is 4.98 Å². The molecule has 0 saturated heterocycles. The number of pyridine rings is 1. The van der Waals surface area contributed by atoms with E-state index in [1.54, 1.807) is 25.1 Å². The zero-order valence-electron chi connectivity index (χ0n) is 13.5. The second-order valence-electron chi connectivity index (χ2n) is 5.76. The molecule has 1 heterocycles. The third-order valence-electron chi connectivity index (χ3n) is 4.00. The number of nitrogens with zero attached hydrogens (tertiary/aromatic N) is 2. The van der Waals surface area contributed by atoms with Crippen molar-refractivity contribution in [2.45, 2.75) is 36.5 Å². The number of nitrogens with one attached hydrogen (secondary N) is 1. The average molecular weight is 392 g/mol. The summed E-state index contributed by atoms with van der Waals surface area (Å²) in [7, 11) is 0. The SMILES string of the molecule is CC(Sc1nc2c(cc1C#N)CCC2)C(=O)Nc1cccc(Cl)c1Cl. The number of carbonyl (C=O) groups is 1. The molecule has 2 aromatic rings. The number of hydrogen-bond donors (Lipinski definition) is 1. The lowest BCUT2D eigenvalue weighted by Crippen LogP contribution is -2.23. The van der Waals surface area contributed by atoms with Crippen molar-refractivity contribution in [3.8, 4) is 6.07 Å². The van der Waals surface area contributed by atoms with Crippen LogP contribution in [0.2, 0.25) is 10.0 Å². The summed E-state index contributed by atoms with van der Waals surface area (Å²) in [5, 5.41) is 13.0. The third-order valence-corrected chi connectivity index (χ3v) is 5.92. The number of nitriles is 1. The normalized spacial score (nSPS) is 13.8. The number of aryl methyl sites for hydroxylation is 2. The van der Waals surface area contributed by atoms with Crippen molar-refractivity contribution in [3.05, 3.63) is 51.1 Å². The van der Waals surface area contributed by atoms with Crippen LogP contribution in [0.4, 0.5) is 5.69 Å². The summed E-state index contributed by atoms with van der Waals surface area (Å²) in [6, 6.07) is 9.15. The smallest absolute Gasteiger partial charge is 0.237 e. The maximum atomic E-state index is 12.5. The highest BCUT2D eigenvalue weighted by Crippen LogP contribution is 2.32. The van der Waals surface area contributed by atoms with Gasteiger partial charge in [0.15, 0.2) is 0 Å². The fourth-order valence-electron chi connectivity index (χ4n) is 2.68. The molecule has 128 valence electrons. The van der Waals surface area contributed by atoms with E-state index in [9.17, 15) is 10.1 Å². The van der Waals surface area contributed by atoms with Crippen molar-refractivity contribution < 1.29 is 4.79 Å². The molecule has 3 rings (SSSR count). The fourth-order valence-corrected chi connectivity index (χ4v) is 3.92. The van der Waals surface area contributed by atoms with E-state index in [-0.39, 0.29) is 5.91 Å². The molecule has 0 bridgehead atoms. The second-order valence-corrected chi connectivity index (χ2v) is 7.88. The molecular weight excluding hydrogens is 377 g/mol. The Morgan fingerprint density at radius 1 is 1.40 bits per heavy atom. The lowest BCUT2D eigenvalue weighted by atomic mass is 10.2. The predicted molar refractivity (Wildman–Crippen MR) is 101 cm³/mol. The van der Waals surface area contributed by atoms with Gasteiger partial charge in [-0.1, -0.05) is 41.0 Å². The number of rotatable bonds is 4. The van der Waals surface area contributed by atoms with E-state index in [2.05, 4.69) is 16.4 Å². The Kier molecular flexibility index (Phi) is 5.53. The number of fused-ring (bicyclic) bond motifs is 1. The molecule has 7 heteroatoms. The summed E-state index contributed by atoms with van der Waals surface area (Å²) in [6.45, 7) is 1.77. The minimum absolute atomic E-state index is 0.222. The average Bonchev–Trinajstić information content (AvgIpc) is 3.05. The molecule has 1 aliphatic rings. The Labute approximate surface area is 160 Å². The van der Waals surface area contributed by atoms with Crippen LogP contribution in [0.15, 0.2) is 29.3 Å². The predicted octanol–water partition coefficient (Wildman–Crippen LogP) is 4.87. The molecular formula is C18H15Cl2N3OS. The number of benzene rings is 1. The van der Waals surface area contributed by atoms with Crippen LogP contribution in [0.5, 0.6) is 0 Å². The first kappa shape index (κ1) is 18.1. The third kappa shape index (κ3) is 3.92. The minimum atomic E-state index is -0.436. The van der Waals surface area contributed by atoms with Crippen molar-refractivity contribution in [1.82, 2.24) is 4.98 Å². The van der Waals surface area contributed by atoms with Crippen molar-refractivity contribution in [2.75, 3.05) is 5.32 Å². The van der Waals surface area contributed by atoms with E-state index in [0.717, 1.165) is 30.5 Å². The standard InChI is InChI=1S/C18H15Cl2N3OS/c1-10(17(24)22-15-7-3-5-13(19)16(15)20)25-18-12(9-21)8-11-4-2-6-14(11)23-18/h3,5,7-8,10H,2,4,6H2,1H3,(H,22,24). The number of amides is 1. The van der Waals surface area contributed by atoms with Crippen LogP contribution in [0.25, 0.3) is 0 Å². The van der Waals surface area contributed by atoms with Gasteiger partial charge in [-0.3, -0.25) is 4.79 Å². The molecule has 0 radical (unpaired) electrons. The van der Waals surface area contributed by atoms with Crippen LogP contribution in [0.3, 0.4) is 0 Å². The molecule has 0 fully saturated rings. The molecule has 1 aliphatic carbocycles. The molecule has 1 amide bonds. The topological polar surface area (TPSA) is 65.8 Å². The summed E-state index contributed by atoms with van der Waals surface area (Å²) >= 11 is 13.3. The first-order valence-electron chi connectivity index (χ1n) is 7.84. The highest BCUT2D eigenvalue weighted by molar-refractivity contribution is 8.00. The van der Waals surface area contributed by atoms with Crippen molar-refractivity contribution >= 4 is 46.6 Å². The van der Waals surface area contributed by atoms with Gasteiger partial charge in [0.25, 0.3) is 0 Å². The Morgan fingerprint density at radius 3 is 2.96 bits per heavy atom. The van der Waals surface area contributed by atoms with Crippen LogP contribution in [0, 0.1) is 11.3 Å². The van der Waals surface area contributed by atoms with Crippen LogP contribution in [-0.2, 0) is 17.6 Å². The Bertz CT molecular complexity index is 879. The van der Waals surface area contributed by atoms with Gasteiger partial charge in [0.05, 0.1) is 26.5 Å². The van der Waals surface area contributed by atoms with E-state index >= 15 is 0 Å². The second kappa shape index (κ2) is 7.65. The van der Waals surface area contributed by atoms with E-state index in [1.165, 1.54) is 11.8 Å². The van der Waals surface area contributed by atoms with Gasteiger partial charge in [-0.05, 0) is 49.9 Å². The Morgan fingerprint density at radius 2 is 2.20 bits per heavy atom. The minimum Gasteiger partial charge on any atom is -0.324 e. The van der Waals surface area contributed by atoms with Crippen molar-refractivity contribution in [1.29, 1.82) is 5.26 Å². The van der Waals surface area contributed by atoms with Crippen LogP contribution >= 0.6 is 35.0 Å². The number of hydrogen-bond acceptors (Lipinski definition) is 4. The number of halogens is 2. The lowest BCUT2D eigenvalue weighted by Gasteiger charge is -2.14. The number of aromatic nitrogens is 1. The molecule has 4 nitrogen and oxygen atoms in total. The highest BCUT2D eigenvalue weighted by atomic mass is 35.5. The van der Waals surface area contributed by atoms with Gasteiger partial charge >= 0.3 is 0 Å². The summed E-state index contributed by atoms with van der Waals surface area (Å²) in [6.07, 6.45) is 2.95. The van der Waals surface area contributed by atoms with E-state index in [0.29, 0.717) is 26.3 Å². The molecule has 1 N–H and O–H groups in total. The van der Waals surface area contributed by atoms with E-state index in [1.807, 2.05) is 6.07 Å². The van der Waals surface area contributed by atoms with Gasteiger partial charge in [-0.2, -0.15) is 5.26 Å². The lowest BCUT2D eigenvalue weighted by molar-refractivity contribution is -0.115. The number of carbonyl (C=O) groups excluding carboxylic acids is 1.